The molecule has 0 bridgehead atoms. The Bertz CT molecular complexity index is 9320. The van der Waals surface area contributed by atoms with Gasteiger partial charge in [0.05, 0.1) is 0 Å². The van der Waals surface area contributed by atoms with E-state index in [4.69, 9.17) is 0 Å². The molecule has 6 nitrogen and oxygen atoms in total. The number of nitrogens with zero attached hydrogens (tertiary/aromatic N) is 6. The van der Waals surface area contributed by atoms with Crippen LogP contribution < -0.4 is 78.6 Å². The lowest BCUT2D eigenvalue weighted by atomic mass is 9.33. The maximum atomic E-state index is 2.56. The van der Waals surface area contributed by atoms with Crippen LogP contribution in [0.3, 0.4) is 0 Å². The molecule has 30 rings (SSSR count). The Kier molecular flexibility index (Phi) is 19.3. The summed E-state index contributed by atoms with van der Waals surface area (Å²) in [7, 11) is 0. The number of benzene rings is 24. The molecule has 0 amide bonds. The van der Waals surface area contributed by atoms with Gasteiger partial charge in [0.15, 0.2) is 0 Å². The maximum Gasteiger partial charge on any atom is 0.252 e. The molecule has 0 unspecified atom stereocenters. The van der Waals surface area contributed by atoms with Gasteiger partial charge in [-0.25, -0.2) is 0 Å². The summed E-state index contributed by atoms with van der Waals surface area (Å²) in [5, 5.41) is 7.55. The Hall–Kier alpha value is -18.9. The van der Waals surface area contributed by atoms with Crippen molar-refractivity contribution in [2.24, 2.45) is 0 Å². The third-order valence-electron chi connectivity index (χ3n) is 31.6. The first-order valence-electron chi connectivity index (χ1n) is 51.1. The Morgan fingerprint density at radius 2 is 0.293 bits per heavy atom. The molecule has 24 aromatic carbocycles. The zero-order chi connectivity index (χ0) is 96.4. The molecule has 0 fully saturated rings. The fraction of sp³-hybridized carbons (Fsp3) is 0. The summed E-state index contributed by atoms with van der Waals surface area (Å²) in [6, 6.07) is 203. The zero-order valence-corrected chi connectivity index (χ0v) is 80.3. The highest BCUT2D eigenvalue weighted by Crippen LogP contribution is 2.54. The predicted octanol–water partition coefficient (Wildman–Crippen LogP) is 30.7. The lowest BCUT2D eigenvalue weighted by Gasteiger charge is -2.44. The molecule has 0 saturated carbocycles. The average Bonchev–Trinajstić information content (AvgIpc) is 0.701. The molecule has 6 aliphatic rings. The van der Waals surface area contributed by atoms with E-state index in [2.05, 4.69) is 569 Å². The molecule has 680 valence electrons. The van der Waals surface area contributed by atoms with Gasteiger partial charge < -0.3 is 29.4 Å². The second-order valence-corrected chi connectivity index (χ2v) is 39.7. The van der Waals surface area contributed by atoms with Crippen molar-refractivity contribution >= 4 is 204 Å². The van der Waals surface area contributed by atoms with Crippen molar-refractivity contribution in [2.75, 3.05) is 29.4 Å². The normalized spacial score (nSPS) is 13.0. The average molecular weight is 1860 g/mol. The smallest absolute Gasteiger partial charge is 0.252 e. The molecule has 0 aromatic heterocycles. The first kappa shape index (κ1) is 83.8. The number of hydrogen-bond acceptors (Lipinski definition) is 6. The number of rotatable bonds is 14. The molecule has 6 heterocycles. The van der Waals surface area contributed by atoms with Crippen LogP contribution in [0.1, 0.15) is 0 Å². The largest absolute Gasteiger partial charge is 0.311 e. The van der Waals surface area contributed by atoms with E-state index in [9.17, 15) is 0 Å². The van der Waals surface area contributed by atoms with Crippen LogP contribution in [-0.4, -0.2) is 20.1 Å². The first-order valence-corrected chi connectivity index (χ1v) is 51.1. The summed E-state index contributed by atoms with van der Waals surface area (Å²) >= 11 is 0. The van der Waals surface area contributed by atoms with E-state index in [1.165, 1.54) is 115 Å². The van der Waals surface area contributed by atoms with Gasteiger partial charge in [-0.3, -0.25) is 0 Å². The molecule has 24 aromatic rings. The van der Waals surface area contributed by atoms with Crippen LogP contribution >= 0.6 is 0 Å². The second kappa shape index (κ2) is 33.9. The van der Waals surface area contributed by atoms with Gasteiger partial charge in [-0.15, -0.1) is 0 Å². The number of para-hydroxylation sites is 10. The van der Waals surface area contributed by atoms with Crippen LogP contribution in [0, 0.1) is 0 Å². The van der Waals surface area contributed by atoms with Gasteiger partial charge in [0.2, 0.25) is 0 Å². The van der Waals surface area contributed by atoms with Crippen LogP contribution in [-0.2, 0) is 0 Å². The fourth-order valence-corrected chi connectivity index (χ4v) is 25.3. The third kappa shape index (κ3) is 13.5. The molecule has 147 heavy (non-hydrogen) atoms. The van der Waals surface area contributed by atoms with Crippen molar-refractivity contribution < 1.29 is 0 Å². The van der Waals surface area contributed by atoms with Crippen molar-refractivity contribution in [1.82, 2.24) is 0 Å². The summed E-state index contributed by atoms with van der Waals surface area (Å²) in [6.07, 6.45) is 0. The van der Waals surface area contributed by atoms with E-state index < -0.39 is 0 Å². The molecule has 0 atom stereocenters. The van der Waals surface area contributed by atoms with Crippen molar-refractivity contribution in [1.29, 1.82) is 0 Å². The van der Waals surface area contributed by atoms with E-state index in [0.717, 1.165) is 157 Å². The Labute approximate surface area is 856 Å². The SMILES string of the molecule is c1ccc(-c2cc(-c3cccc(-c4ccc5c(c4)B4c6ccccc6N(c6ccccc6)c6cc(-c7ccc8c9ccccc9c9ccccc9c8c7)cc(c64)N5c4ccccc4)c3)cc(-c3cc4c5c(c3)N(c3ccccc3)c3ccc(-c6cccc(-c7cccc(-c8cc9c%10c(c8)N(c8ccccc8)c8ccccc8B%10c8ccccc8N9c8ccccc8)c7)c6)cc3B5c3ccccc3N4c3ccccc3)c2)cc1. The molecule has 0 spiro atoms. The van der Waals surface area contributed by atoms with E-state index in [1.807, 2.05) is 0 Å². The molecule has 0 radical (unpaired) electrons. The molecule has 6 aliphatic heterocycles. The lowest BCUT2D eigenvalue weighted by Crippen LogP contribution is -2.61. The highest BCUT2D eigenvalue weighted by atomic mass is 15.2. The number of fused-ring (bicyclic) bond motifs is 18. The van der Waals surface area contributed by atoms with Gasteiger partial charge >= 0.3 is 0 Å². The first-order chi connectivity index (χ1) is 72.9. The minimum atomic E-state index is -0.158. The molecular weight excluding hydrogens is 1770 g/mol. The zero-order valence-electron chi connectivity index (χ0n) is 80.3. The number of anilines is 18. The van der Waals surface area contributed by atoms with Crippen LogP contribution in [0.25, 0.3) is 121 Å². The Balaban J connectivity index is 0.547. The van der Waals surface area contributed by atoms with E-state index in [-0.39, 0.29) is 20.1 Å². The minimum absolute atomic E-state index is 0.0175. The van der Waals surface area contributed by atoms with E-state index in [1.54, 1.807) is 0 Å². The van der Waals surface area contributed by atoms with Crippen molar-refractivity contribution in [3.05, 3.63) is 540 Å². The monoisotopic (exact) mass is 1860 g/mol. The van der Waals surface area contributed by atoms with Crippen molar-refractivity contribution in [2.45, 2.75) is 0 Å². The molecule has 0 saturated heterocycles. The maximum absolute atomic E-state index is 2.56. The van der Waals surface area contributed by atoms with Crippen LogP contribution in [0.5, 0.6) is 0 Å². The summed E-state index contributed by atoms with van der Waals surface area (Å²) in [5.74, 6) is 0. The fourth-order valence-electron chi connectivity index (χ4n) is 25.3. The second-order valence-electron chi connectivity index (χ2n) is 39.7. The highest BCUT2D eigenvalue weighted by Gasteiger charge is 2.48. The van der Waals surface area contributed by atoms with E-state index >= 15 is 0 Å². The van der Waals surface area contributed by atoms with Crippen molar-refractivity contribution in [3.63, 3.8) is 0 Å². The molecule has 0 N–H and O–H groups in total. The van der Waals surface area contributed by atoms with E-state index in [0.29, 0.717) is 0 Å². The van der Waals surface area contributed by atoms with Crippen LogP contribution in [0.2, 0.25) is 0 Å². The van der Waals surface area contributed by atoms with Gasteiger partial charge in [-0.05, 0) is 359 Å². The third-order valence-corrected chi connectivity index (χ3v) is 31.6. The minimum Gasteiger partial charge on any atom is -0.311 e. The standard InChI is InChI=1S/C138H89B3N6/c1-8-37-90(38-9-1)100-78-101(95-43-36-42-94(77-95)99-71-74-128-123(83-99)140-120-63-28-32-67-126(120)144(108-49-14-4-15-50-108)132-86-104(87-133(137(132)140)146(128)110-53-18-6-19-54-110)97-69-72-116-114-59-23-22-57-112(114)113-58-24-25-60-115(113)117(116)81-97)80-102(79-100)105-88-134-138-135(89-105)147(111-55-20-7-21-56-111)129-73-70-98(82-122(129)141(138)121-64-29-33-68-127(121)145(134)109-51-16-5-17-52-109)93-41-34-39-91(75-93)92-40-35-44-96(76-92)103-84-130-136-131(85-103)143(107-47-12-3-13-48-107)125-66-31-27-62-119(125)139(136)118-61-26-30-65-124(118)142(130)106-45-10-2-11-46-106/h1-89H. The summed E-state index contributed by atoms with van der Waals surface area (Å²) in [4.78, 5) is 15.2. The topological polar surface area (TPSA) is 19.4 Å². The van der Waals surface area contributed by atoms with Crippen LogP contribution in [0.15, 0.2) is 540 Å². The Morgan fingerprint density at radius 3 is 0.605 bits per heavy atom. The van der Waals surface area contributed by atoms with Gasteiger partial charge in [0.1, 0.15) is 0 Å². The molecule has 0 aliphatic carbocycles. The molecular formula is C138H89B3N6. The van der Waals surface area contributed by atoms with Crippen LogP contribution in [0.4, 0.5) is 102 Å². The van der Waals surface area contributed by atoms with Crippen molar-refractivity contribution in [3.8, 4) is 89.0 Å². The lowest BCUT2D eigenvalue weighted by molar-refractivity contribution is 1.25. The summed E-state index contributed by atoms with van der Waals surface area (Å²) in [6.45, 7) is -0.266. The summed E-state index contributed by atoms with van der Waals surface area (Å²) in [5.41, 5.74) is 50.2. The number of hydrogen-bond donors (Lipinski definition) is 0. The predicted molar refractivity (Wildman–Crippen MR) is 625 cm³/mol. The molecule has 9 heteroatoms. The highest BCUT2D eigenvalue weighted by molar-refractivity contribution is 7.02. The summed E-state index contributed by atoms with van der Waals surface area (Å²) < 4.78 is 0. The Morgan fingerprint density at radius 1 is 0.102 bits per heavy atom. The van der Waals surface area contributed by atoms with Gasteiger partial charge in [0.25, 0.3) is 20.1 Å². The van der Waals surface area contributed by atoms with Gasteiger partial charge in [0, 0.05) is 102 Å². The quantitative estimate of drug-likeness (QED) is 0.0793. The van der Waals surface area contributed by atoms with Gasteiger partial charge in [-0.2, -0.15) is 0 Å². The van der Waals surface area contributed by atoms with Gasteiger partial charge in [-0.1, -0.05) is 352 Å².